The van der Waals surface area contributed by atoms with E-state index in [1.165, 1.54) is 11.3 Å². The van der Waals surface area contributed by atoms with Gasteiger partial charge in [-0.25, -0.2) is 0 Å². The highest BCUT2D eigenvalue weighted by Gasteiger charge is 1.93. The Kier molecular flexibility index (Phi) is 4.29. The zero-order chi connectivity index (χ0) is 10.2. The molecule has 0 aromatic carbocycles. The zero-order valence-corrected chi connectivity index (χ0v) is 8.24. The van der Waals surface area contributed by atoms with Crippen LogP contribution >= 0.6 is 11.3 Å². The van der Waals surface area contributed by atoms with E-state index in [4.69, 9.17) is 10.8 Å². The lowest BCUT2D eigenvalue weighted by Gasteiger charge is -1.83. The van der Waals surface area contributed by atoms with E-state index >= 15 is 0 Å². The van der Waals surface area contributed by atoms with Gasteiger partial charge in [0.05, 0.1) is 0 Å². The molecule has 0 spiro atoms. The van der Waals surface area contributed by atoms with E-state index < -0.39 is 0 Å². The first-order valence-electron chi connectivity index (χ1n) is 4.03. The van der Waals surface area contributed by atoms with E-state index in [2.05, 4.69) is 16.1 Å². The monoisotopic (exact) mass is 204 g/mol. The summed E-state index contributed by atoms with van der Waals surface area (Å²) in [5.74, 6) is 0. The topological polar surface area (TPSA) is 72.5 Å². The summed E-state index contributed by atoms with van der Waals surface area (Å²) in [6, 6.07) is 3.90. The number of hydrogen-bond acceptors (Lipinski definition) is 3. The Morgan fingerprint density at radius 3 is 3.21 bits per heavy atom. The zero-order valence-electron chi connectivity index (χ0n) is 7.42. The average Bonchev–Trinajstić information content (AvgIpc) is 2.65. The van der Waals surface area contributed by atoms with Crippen LogP contribution in [0.5, 0.6) is 0 Å². The van der Waals surface area contributed by atoms with Crippen LogP contribution in [0.15, 0.2) is 22.6 Å². The molecule has 14 heavy (non-hydrogen) atoms. The van der Waals surface area contributed by atoms with Gasteiger partial charge in [-0.1, -0.05) is 17.3 Å². The molecule has 0 amide bonds. The van der Waals surface area contributed by atoms with E-state index in [0.717, 1.165) is 12.0 Å². The summed E-state index contributed by atoms with van der Waals surface area (Å²) in [6.45, 7) is 0.474. The van der Waals surface area contributed by atoms with Gasteiger partial charge in [0.25, 0.3) is 0 Å². The molecule has 0 aliphatic carbocycles. The van der Waals surface area contributed by atoms with Crippen molar-refractivity contribution in [2.45, 2.75) is 6.42 Å². The lowest BCUT2D eigenvalue weighted by Crippen LogP contribution is -1.71. The summed E-state index contributed by atoms with van der Waals surface area (Å²) in [6.07, 6.45) is 4.57. The third-order valence-corrected chi connectivity index (χ3v) is 2.35. The molecule has 0 saturated carbocycles. The predicted octanol–water partition coefficient (Wildman–Crippen LogP) is 3.33. The van der Waals surface area contributed by atoms with E-state index in [0.29, 0.717) is 11.4 Å². The van der Waals surface area contributed by atoms with Crippen LogP contribution in [0, 0.1) is 11.3 Å². The molecule has 1 rings (SSSR count). The van der Waals surface area contributed by atoms with E-state index in [1.807, 2.05) is 23.6 Å². The Morgan fingerprint density at radius 1 is 1.71 bits per heavy atom. The van der Waals surface area contributed by atoms with E-state index in [9.17, 15) is 0 Å². The number of nitrogens with zero attached hydrogens (tertiary/aromatic N) is 4. The minimum absolute atomic E-state index is 0.474. The van der Waals surface area contributed by atoms with Crippen molar-refractivity contribution >= 4 is 17.4 Å². The molecule has 0 atom stereocenters. The molecule has 5 heteroatoms. The molecule has 0 fully saturated rings. The minimum Gasteiger partial charge on any atom is -0.192 e. The fourth-order valence-electron chi connectivity index (χ4n) is 0.893. The maximum Gasteiger partial charge on any atom is 0.110 e. The molecule has 0 unspecified atom stereocenters. The van der Waals surface area contributed by atoms with Gasteiger partial charge in [0.1, 0.15) is 10.9 Å². The van der Waals surface area contributed by atoms with Crippen LogP contribution in [0.1, 0.15) is 16.9 Å². The lowest BCUT2D eigenvalue weighted by atomic mass is 10.2. The number of rotatable bonds is 4. The molecule has 1 aromatic rings. The van der Waals surface area contributed by atoms with Crippen LogP contribution in [0.3, 0.4) is 0 Å². The third-order valence-electron chi connectivity index (χ3n) is 1.50. The summed E-state index contributed by atoms with van der Waals surface area (Å²) in [4.78, 5) is 3.36. The number of thiophene rings is 1. The van der Waals surface area contributed by atoms with Crippen LogP contribution in [0.2, 0.25) is 0 Å². The second kappa shape index (κ2) is 5.81. The van der Waals surface area contributed by atoms with Crippen LogP contribution < -0.4 is 0 Å². The van der Waals surface area contributed by atoms with Crippen LogP contribution in [-0.2, 0) is 0 Å². The van der Waals surface area contributed by atoms with Crippen molar-refractivity contribution in [3.8, 4) is 6.07 Å². The molecular weight excluding hydrogens is 196 g/mol. The van der Waals surface area contributed by atoms with Crippen molar-refractivity contribution in [2.24, 2.45) is 5.11 Å². The van der Waals surface area contributed by atoms with Crippen molar-refractivity contribution in [3.63, 3.8) is 0 Å². The van der Waals surface area contributed by atoms with Gasteiger partial charge in [0.15, 0.2) is 0 Å². The Hall–Kier alpha value is -1.76. The molecule has 1 aromatic heterocycles. The van der Waals surface area contributed by atoms with Gasteiger partial charge < -0.3 is 0 Å². The summed E-state index contributed by atoms with van der Waals surface area (Å²) < 4.78 is 0. The molecule has 0 N–H and O–H groups in total. The first kappa shape index (κ1) is 10.3. The van der Waals surface area contributed by atoms with Crippen LogP contribution in [0.25, 0.3) is 16.5 Å². The van der Waals surface area contributed by atoms with Crippen molar-refractivity contribution < 1.29 is 0 Å². The van der Waals surface area contributed by atoms with Gasteiger partial charge in [-0.2, -0.15) is 5.26 Å². The van der Waals surface area contributed by atoms with Gasteiger partial charge in [0, 0.05) is 11.5 Å². The highest BCUT2D eigenvalue weighted by molar-refractivity contribution is 7.10. The van der Waals surface area contributed by atoms with Gasteiger partial charge in [-0.15, -0.1) is 11.3 Å². The first-order valence-corrected chi connectivity index (χ1v) is 4.91. The quantitative estimate of drug-likeness (QED) is 0.321. The molecule has 0 bridgehead atoms. The minimum atomic E-state index is 0.474. The molecule has 0 saturated heterocycles. The van der Waals surface area contributed by atoms with Crippen LogP contribution in [0.4, 0.5) is 0 Å². The molecule has 0 aliphatic heterocycles. The SMILES string of the molecule is N#Cc1cc(C=CCCN=[N+]=[N-])cs1. The lowest BCUT2D eigenvalue weighted by molar-refractivity contribution is 0.996. The third kappa shape index (κ3) is 3.31. The van der Waals surface area contributed by atoms with Gasteiger partial charge in [-0.3, -0.25) is 0 Å². The van der Waals surface area contributed by atoms with Crippen molar-refractivity contribution in [3.05, 3.63) is 38.4 Å². The summed E-state index contributed by atoms with van der Waals surface area (Å²) in [7, 11) is 0. The summed E-state index contributed by atoms with van der Waals surface area (Å²) >= 11 is 1.42. The van der Waals surface area contributed by atoms with E-state index in [-0.39, 0.29) is 0 Å². The fourth-order valence-corrected chi connectivity index (χ4v) is 1.56. The standard InChI is InChI=1S/C9H8N4S/c10-6-9-5-8(7-14-9)3-1-2-4-12-13-11/h1,3,5,7H,2,4H2. The van der Waals surface area contributed by atoms with E-state index in [1.54, 1.807) is 0 Å². The maximum atomic E-state index is 8.57. The molecule has 4 nitrogen and oxygen atoms in total. The highest BCUT2D eigenvalue weighted by Crippen LogP contribution is 2.14. The molecular formula is C9H8N4S. The van der Waals surface area contributed by atoms with Crippen molar-refractivity contribution in [2.75, 3.05) is 6.54 Å². The fraction of sp³-hybridized carbons (Fsp3) is 0.222. The van der Waals surface area contributed by atoms with Gasteiger partial charge >= 0.3 is 0 Å². The van der Waals surface area contributed by atoms with Crippen LogP contribution in [-0.4, -0.2) is 6.54 Å². The van der Waals surface area contributed by atoms with Gasteiger partial charge in [0.2, 0.25) is 0 Å². The van der Waals surface area contributed by atoms with Crippen molar-refractivity contribution in [1.82, 2.24) is 0 Å². The molecule has 0 radical (unpaired) electrons. The smallest absolute Gasteiger partial charge is 0.110 e. The second-order valence-electron chi connectivity index (χ2n) is 2.50. The number of azide groups is 1. The maximum absolute atomic E-state index is 8.57. The van der Waals surface area contributed by atoms with Gasteiger partial charge in [-0.05, 0) is 29.0 Å². The van der Waals surface area contributed by atoms with Crippen molar-refractivity contribution in [1.29, 1.82) is 5.26 Å². The molecule has 70 valence electrons. The highest BCUT2D eigenvalue weighted by atomic mass is 32.1. The normalized spacial score (nSPS) is 9.64. The Morgan fingerprint density at radius 2 is 2.57 bits per heavy atom. The molecule has 0 aliphatic rings. The molecule has 1 heterocycles. The number of nitriles is 1. The second-order valence-corrected chi connectivity index (χ2v) is 3.41. The Labute approximate surface area is 85.7 Å². The predicted molar refractivity (Wildman–Crippen MR) is 56.7 cm³/mol. The first-order chi connectivity index (χ1) is 6.86. The number of hydrogen-bond donors (Lipinski definition) is 0. The average molecular weight is 204 g/mol. The Bertz CT molecular complexity index is 407. The summed E-state index contributed by atoms with van der Waals surface area (Å²) in [5, 5.41) is 13.9. The largest absolute Gasteiger partial charge is 0.192 e. The Balaban J connectivity index is 2.44. The summed E-state index contributed by atoms with van der Waals surface area (Å²) in [5.41, 5.74) is 9.04.